The van der Waals surface area contributed by atoms with Crippen LogP contribution in [0.15, 0.2) is 30.2 Å². The summed E-state index contributed by atoms with van der Waals surface area (Å²) in [7, 11) is 1.45. The van der Waals surface area contributed by atoms with Crippen LogP contribution in [0, 0.1) is 5.92 Å². The third-order valence-corrected chi connectivity index (χ3v) is 6.86. The summed E-state index contributed by atoms with van der Waals surface area (Å²) in [4.78, 5) is 25.4. The van der Waals surface area contributed by atoms with Crippen molar-refractivity contribution in [1.29, 1.82) is 0 Å². The van der Waals surface area contributed by atoms with Gasteiger partial charge in [0, 0.05) is 36.8 Å². The van der Waals surface area contributed by atoms with E-state index in [2.05, 4.69) is 5.10 Å². The van der Waals surface area contributed by atoms with E-state index in [9.17, 15) is 14.7 Å². The minimum atomic E-state index is -1.70. The quantitative estimate of drug-likeness (QED) is 0.732. The molecule has 3 atom stereocenters. The van der Waals surface area contributed by atoms with Crippen molar-refractivity contribution in [3.63, 3.8) is 0 Å². The molecule has 168 valence electrons. The lowest BCUT2D eigenvalue weighted by atomic mass is 9.75. The number of aliphatic hydroxyl groups excluding tert-OH is 1. The van der Waals surface area contributed by atoms with Crippen molar-refractivity contribution >= 4 is 23.2 Å². The fourth-order valence-corrected chi connectivity index (χ4v) is 5.13. The van der Waals surface area contributed by atoms with Gasteiger partial charge in [0.2, 0.25) is 11.4 Å². The van der Waals surface area contributed by atoms with Crippen LogP contribution in [0.25, 0.3) is 11.3 Å². The maximum absolute atomic E-state index is 13.5. The van der Waals surface area contributed by atoms with E-state index in [0.717, 1.165) is 25.3 Å². The average molecular weight is 459 g/mol. The summed E-state index contributed by atoms with van der Waals surface area (Å²) < 4.78 is 19.3. The van der Waals surface area contributed by atoms with E-state index in [-0.39, 0.29) is 40.5 Å². The molecule has 3 aliphatic rings. The zero-order valence-corrected chi connectivity index (χ0v) is 18.5. The zero-order valence-electron chi connectivity index (χ0n) is 17.8. The number of benzene rings is 1. The smallest absolute Gasteiger partial charge is 0.230 e. The number of allylic oxidation sites excluding steroid dienone is 1. The summed E-state index contributed by atoms with van der Waals surface area (Å²) in [6, 6.07) is 3.49. The topological polar surface area (TPSA) is 99.9 Å². The van der Waals surface area contributed by atoms with Crippen molar-refractivity contribution in [1.82, 2.24) is 9.78 Å². The summed E-state index contributed by atoms with van der Waals surface area (Å²) in [5, 5.41) is 15.3. The summed E-state index contributed by atoms with van der Waals surface area (Å²) in [6.45, 7) is 2.36. The molecule has 0 bridgehead atoms. The Morgan fingerprint density at radius 2 is 2.16 bits per heavy atom. The molecule has 8 nitrogen and oxygen atoms in total. The molecule has 0 amide bonds. The van der Waals surface area contributed by atoms with Gasteiger partial charge in [0.1, 0.15) is 17.1 Å². The number of nitrogens with zero attached hydrogens (tertiary/aromatic N) is 2. The van der Waals surface area contributed by atoms with E-state index in [4.69, 9.17) is 25.8 Å². The number of halogens is 1. The molecule has 1 N–H and O–H groups in total. The highest BCUT2D eigenvalue weighted by Crippen LogP contribution is 2.54. The molecule has 0 saturated carbocycles. The van der Waals surface area contributed by atoms with E-state index in [1.54, 1.807) is 23.9 Å². The minimum absolute atomic E-state index is 0.0718. The number of carbonyl (C=O) groups excluding carboxylic acids is 2. The molecule has 1 aromatic carbocycles. The van der Waals surface area contributed by atoms with Gasteiger partial charge in [-0.2, -0.15) is 5.10 Å². The lowest BCUT2D eigenvalue weighted by Crippen LogP contribution is -2.51. The molecule has 2 aromatic rings. The monoisotopic (exact) mass is 458 g/mol. The van der Waals surface area contributed by atoms with Gasteiger partial charge in [0.05, 0.1) is 17.8 Å². The Balaban J connectivity index is 1.66. The minimum Gasteiger partial charge on any atom is -0.507 e. The van der Waals surface area contributed by atoms with Crippen molar-refractivity contribution in [3.8, 4) is 22.8 Å². The third kappa shape index (κ3) is 2.89. The average Bonchev–Trinajstić information content (AvgIpc) is 3.38. The maximum Gasteiger partial charge on any atom is 0.230 e. The van der Waals surface area contributed by atoms with Gasteiger partial charge < -0.3 is 19.3 Å². The molecule has 1 unspecified atom stereocenters. The van der Waals surface area contributed by atoms with Crippen molar-refractivity contribution in [3.05, 3.63) is 40.8 Å². The summed E-state index contributed by atoms with van der Waals surface area (Å²) in [6.07, 6.45) is 5.46. The molecule has 0 radical (unpaired) electrons. The molecule has 2 aliphatic heterocycles. The maximum atomic E-state index is 13.5. The van der Waals surface area contributed by atoms with Crippen LogP contribution in [-0.4, -0.2) is 45.8 Å². The van der Waals surface area contributed by atoms with Crippen LogP contribution in [0.4, 0.5) is 0 Å². The van der Waals surface area contributed by atoms with Gasteiger partial charge in [-0.3, -0.25) is 9.59 Å². The Labute approximate surface area is 189 Å². The fourth-order valence-electron chi connectivity index (χ4n) is 4.85. The highest BCUT2D eigenvalue weighted by molar-refractivity contribution is 6.36. The number of methoxy groups -OCH3 is 1. The summed E-state index contributed by atoms with van der Waals surface area (Å²) in [5.41, 5.74) is -0.269. The lowest BCUT2D eigenvalue weighted by molar-refractivity contribution is -0.118. The number of ether oxygens (including phenoxy) is 3. The van der Waals surface area contributed by atoms with Gasteiger partial charge in [-0.15, -0.1) is 0 Å². The molecule has 3 heterocycles. The van der Waals surface area contributed by atoms with Gasteiger partial charge in [0.25, 0.3) is 0 Å². The van der Waals surface area contributed by atoms with Crippen molar-refractivity contribution in [2.24, 2.45) is 5.92 Å². The normalized spacial score (nSPS) is 27.3. The van der Waals surface area contributed by atoms with Gasteiger partial charge in [0.15, 0.2) is 17.8 Å². The van der Waals surface area contributed by atoms with E-state index in [1.807, 2.05) is 6.07 Å². The van der Waals surface area contributed by atoms with Gasteiger partial charge >= 0.3 is 0 Å². The van der Waals surface area contributed by atoms with E-state index in [0.29, 0.717) is 17.9 Å². The molecule has 32 heavy (non-hydrogen) atoms. The predicted molar refractivity (Wildman–Crippen MR) is 115 cm³/mol. The summed E-state index contributed by atoms with van der Waals surface area (Å²) >= 11 is 6.79. The number of fused-ring (bicyclic) bond motifs is 1. The summed E-state index contributed by atoms with van der Waals surface area (Å²) in [5.74, 6) is -1.33. The number of carbonyl (C=O) groups is 2. The number of aliphatic hydroxyl groups is 1. The number of hydrogen-bond donors (Lipinski definition) is 1. The second-order valence-electron chi connectivity index (χ2n) is 8.39. The molecule has 5 rings (SSSR count). The first kappa shape index (κ1) is 21.0. The van der Waals surface area contributed by atoms with Gasteiger partial charge in [-0.05, 0) is 31.4 Å². The van der Waals surface area contributed by atoms with Crippen LogP contribution < -0.4 is 9.47 Å². The first-order valence-corrected chi connectivity index (χ1v) is 11.0. The Morgan fingerprint density at radius 3 is 2.84 bits per heavy atom. The van der Waals surface area contributed by atoms with Crippen molar-refractivity contribution in [2.75, 3.05) is 13.7 Å². The number of Topliss-reactive ketones (excluding diaryl/α,β-unsaturated/α-hetero) is 1. The highest BCUT2D eigenvalue weighted by Gasteiger charge is 2.59. The molecule has 1 aliphatic carbocycles. The van der Waals surface area contributed by atoms with Gasteiger partial charge in [-0.25, -0.2) is 4.68 Å². The molecule has 9 heteroatoms. The second-order valence-corrected chi connectivity index (χ2v) is 8.77. The highest BCUT2D eigenvalue weighted by atomic mass is 35.5. The van der Waals surface area contributed by atoms with E-state index < -0.39 is 23.1 Å². The SMILES string of the molecule is COc1cc(-c2ccnn2C2CCCCO2)c(Cl)c2c1C(=O)[C@@]1(O2)C(O)=CC(=O)C[C@H]1C. The number of aromatic nitrogens is 2. The van der Waals surface area contributed by atoms with E-state index in [1.165, 1.54) is 7.11 Å². The molecule has 1 saturated heterocycles. The number of rotatable bonds is 3. The first-order valence-electron chi connectivity index (χ1n) is 10.6. The first-order chi connectivity index (χ1) is 15.4. The fraction of sp³-hybridized carbons (Fsp3) is 0.435. The van der Waals surface area contributed by atoms with E-state index >= 15 is 0 Å². The third-order valence-electron chi connectivity index (χ3n) is 6.49. The van der Waals surface area contributed by atoms with Crippen LogP contribution in [-0.2, 0) is 9.53 Å². The lowest BCUT2D eigenvalue weighted by Gasteiger charge is -2.34. The van der Waals surface area contributed by atoms with Crippen molar-refractivity contribution in [2.45, 2.75) is 44.4 Å². The van der Waals surface area contributed by atoms with Crippen LogP contribution in [0.2, 0.25) is 5.02 Å². The largest absolute Gasteiger partial charge is 0.507 e. The van der Waals surface area contributed by atoms with Crippen LogP contribution >= 0.6 is 11.6 Å². The Morgan fingerprint density at radius 1 is 1.34 bits per heavy atom. The Bertz CT molecular complexity index is 1150. The number of ketones is 2. The van der Waals surface area contributed by atoms with Crippen LogP contribution in [0.3, 0.4) is 0 Å². The number of hydrogen-bond acceptors (Lipinski definition) is 7. The second kappa shape index (κ2) is 7.64. The molecule has 1 fully saturated rings. The standard InChI is InChI=1S/C23H23ClN2O6/c1-12-9-13(27)10-17(28)23(12)22(29)19-16(30-2)11-14(20(24)21(19)32-23)15-6-7-25-26(15)18-5-3-4-8-31-18/h6-7,10-12,18,28H,3-5,8-9H2,1-2H3/t12-,18?,23+/m1/s1. The molecule has 1 spiro atoms. The van der Waals surface area contributed by atoms with Crippen LogP contribution in [0.5, 0.6) is 11.5 Å². The molecule has 1 aromatic heterocycles. The Kier molecular flexibility index (Phi) is 5.02. The molecular formula is C23H23ClN2O6. The van der Waals surface area contributed by atoms with Crippen molar-refractivity contribution < 1.29 is 28.9 Å². The van der Waals surface area contributed by atoms with Gasteiger partial charge in [-0.1, -0.05) is 18.5 Å². The Hall–Kier alpha value is -2.84. The predicted octanol–water partition coefficient (Wildman–Crippen LogP) is 4.28. The zero-order chi connectivity index (χ0) is 22.6. The molecular weight excluding hydrogens is 436 g/mol. The van der Waals surface area contributed by atoms with Crippen LogP contribution in [0.1, 0.15) is 49.2 Å².